The van der Waals surface area contributed by atoms with Crippen LogP contribution in [0.15, 0.2) is 22.6 Å². The van der Waals surface area contributed by atoms with Crippen LogP contribution < -0.4 is 15.0 Å². The molecule has 0 saturated carbocycles. The number of piperidine rings is 1. The Bertz CT molecular complexity index is 832. The highest BCUT2D eigenvalue weighted by molar-refractivity contribution is 5.76. The normalized spacial score (nSPS) is 16.8. The Kier molecular flexibility index (Phi) is 6.51. The number of ether oxygens (including phenoxy) is 2. The van der Waals surface area contributed by atoms with Crippen molar-refractivity contribution < 1.29 is 31.9 Å². The number of rotatable bonds is 7. The lowest BCUT2D eigenvalue weighted by molar-refractivity contribution is -0.153. The smallest absolute Gasteiger partial charge is 0.422 e. The Labute approximate surface area is 166 Å². The topological polar surface area (TPSA) is 76.8 Å². The van der Waals surface area contributed by atoms with Gasteiger partial charge in [-0.2, -0.15) is 18.2 Å². The van der Waals surface area contributed by atoms with Crippen LogP contribution in [-0.4, -0.2) is 55.5 Å². The fourth-order valence-electron chi connectivity index (χ4n) is 3.17. The highest BCUT2D eigenvalue weighted by atomic mass is 19.4. The van der Waals surface area contributed by atoms with Crippen LogP contribution >= 0.6 is 0 Å². The van der Waals surface area contributed by atoms with Gasteiger partial charge in [0.15, 0.2) is 12.2 Å². The Balaban J connectivity index is 1.53. The number of hydrogen-bond donors (Lipinski definition) is 1. The van der Waals surface area contributed by atoms with Gasteiger partial charge in [-0.1, -0.05) is 0 Å². The van der Waals surface area contributed by atoms with Crippen LogP contribution in [0, 0.1) is 0 Å². The zero-order valence-corrected chi connectivity index (χ0v) is 16.3. The number of benzene rings is 1. The van der Waals surface area contributed by atoms with Crippen molar-refractivity contribution >= 4 is 23.0 Å². The number of nitrogens with zero attached hydrogens (tertiary/aromatic N) is 2. The van der Waals surface area contributed by atoms with E-state index in [0.717, 1.165) is 12.8 Å². The summed E-state index contributed by atoms with van der Waals surface area (Å²) >= 11 is 0. The molecular weight excluding hydrogens is 391 g/mol. The second-order valence-electron chi connectivity index (χ2n) is 7.15. The highest BCUT2D eigenvalue weighted by Crippen LogP contribution is 2.28. The minimum Gasteiger partial charge on any atom is -0.484 e. The molecule has 7 nitrogen and oxygen atoms in total. The fraction of sp³-hybridized carbons (Fsp3) is 0.579. The number of anilines is 1. The minimum atomic E-state index is -4.39. The van der Waals surface area contributed by atoms with Crippen LogP contribution in [-0.2, 0) is 9.53 Å². The number of carbonyl (C=O) groups excluding carboxylic acids is 1. The SMILES string of the molecule is CC(=O)N[C@@H](C)COC1CCN(c2nc3ccc(OCC(F)(F)F)cc3o2)CC1. The van der Waals surface area contributed by atoms with Gasteiger partial charge >= 0.3 is 6.18 Å². The van der Waals surface area contributed by atoms with Crippen LogP contribution in [0.2, 0.25) is 0 Å². The number of carbonyl (C=O) groups is 1. The molecule has 2 heterocycles. The van der Waals surface area contributed by atoms with Crippen LogP contribution in [0.1, 0.15) is 26.7 Å². The molecular formula is C19H24F3N3O4. The van der Waals surface area contributed by atoms with E-state index >= 15 is 0 Å². The van der Waals surface area contributed by atoms with E-state index in [1.165, 1.54) is 19.1 Å². The number of alkyl halides is 3. The number of fused-ring (bicyclic) bond motifs is 1. The predicted octanol–water partition coefficient (Wildman–Crippen LogP) is 3.28. The van der Waals surface area contributed by atoms with Gasteiger partial charge in [0.05, 0.1) is 12.7 Å². The summed E-state index contributed by atoms with van der Waals surface area (Å²) in [6.45, 7) is 3.83. The average Bonchev–Trinajstić information content (AvgIpc) is 3.07. The first kappa shape index (κ1) is 21.2. The van der Waals surface area contributed by atoms with Crippen molar-refractivity contribution in [3.05, 3.63) is 18.2 Å². The van der Waals surface area contributed by atoms with Gasteiger partial charge in [-0.3, -0.25) is 4.79 Å². The maximum absolute atomic E-state index is 12.3. The molecule has 1 aromatic carbocycles. The summed E-state index contributed by atoms with van der Waals surface area (Å²) in [4.78, 5) is 17.4. The lowest BCUT2D eigenvalue weighted by Crippen LogP contribution is -2.40. The Hall–Kier alpha value is -2.49. The largest absolute Gasteiger partial charge is 0.484 e. The van der Waals surface area contributed by atoms with E-state index in [2.05, 4.69) is 10.3 Å². The lowest BCUT2D eigenvalue weighted by atomic mass is 10.1. The average molecular weight is 415 g/mol. The molecule has 1 amide bonds. The molecule has 2 aromatic rings. The number of nitrogens with one attached hydrogen (secondary N) is 1. The molecule has 160 valence electrons. The van der Waals surface area contributed by atoms with Crippen LogP contribution in [0.4, 0.5) is 19.2 Å². The molecule has 1 N–H and O–H groups in total. The van der Waals surface area contributed by atoms with Gasteiger partial charge in [0.2, 0.25) is 5.91 Å². The summed E-state index contributed by atoms with van der Waals surface area (Å²) in [6.07, 6.45) is -2.74. The van der Waals surface area contributed by atoms with Crippen molar-refractivity contribution in [3.8, 4) is 5.75 Å². The molecule has 10 heteroatoms. The van der Waals surface area contributed by atoms with E-state index in [-0.39, 0.29) is 23.8 Å². The summed E-state index contributed by atoms with van der Waals surface area (Å²) in [5, 5.41) is 2.78. The van der Waals surface area contributed by atoms with E-state index in [4.69, 9.17) is 13.9 Å². The van der Waals surface area contributed by atoms with Gasteiger partial charge < -0.3 is 24.1 Å². The molecule has 1 saturated heterocycles. The van der Waals surface area contributed by atoms with Gasteiger partial charge in [-0.15, -0.1) is 0 Å². The number of halogens is 3. The molecule has 1 atom stereocenters. The maximum atomic E-state index is 12.3. The van der Waals surface area contributed by atoms with Crippen LogP contribution in [0.3, 0.4) is 0 Å². The van der Waals surface area contributed by atoms with E-state index < -0.39 is 12.8 Å². The molecule has 0 bridgehead atoms. The van der Waals surface area contributed by atoms with Crippen molar-refractivity contribution in [2.75, 3.05) is 31.2 Å². The zero-order chi connectivity index (χ0) is 21.0. The second kappa shape index (κ2) is 8.89. The van der Waals surface area contributed by atoms with E-state index in [1.54, 1.807) is 6.07 Å². The summed E-state index contributed by atoms with van der Waals surface area (Å²) < 4.78 is 53.2. The lowest BCUT2D eigenvalue weighted by Gasteiger charge is -2.31. The van der Waals surface area contributed by atoms with Crippen LogP contribution in [0.5, 0.6) is 5.75 Å². The number of oxazole rings is 1. The second-order valence-corrected chi connectivity index (χ2v) is 7.15. The zero-order valence-electron chi connectivity index (χ0n) is 16.3. The molecule has 0 aliphatic carbocycles. The van der Waals surface area contributed by atoms with Crippen molar-refractivity contribution in [2.45, 2.75) is 45.0 Å². The molecule has 0 unspecified atom stereocenters. The maximum Gasteiger partial charge on any atom is 0.422 e. The predicted molar refractivity (Wildman–Crippen MR) is 100 cm³/mol. The number of hydrogen-bond acceptors (Lipinski definition) is 6. The summed E-state index contributed by atoms with van der Waals surface area (Å²) in [5.41, 5.74) is 0.934. The van der Waals surface area contributed by atoms with Crippen LogP contribution in [0.25, 0.3) is 11.1 Å². The first-order valence-corrected chi connectivity index (χ1v) is 9.43. The summed E-state index contributed by atoms with van der Waals surface area (Å²) in [6, 6.07) is 4.82. The van der Waals surface area contributed by atoms with Gasteiger partial charge in [-0.05, 0) is 31.9 Å². The van der Waals surface area contributed by atoms with E-state index in [0.29, 0.717) is 36.8 Å². The summed E-state index contributed by atoms with van der Waals surface area (Å²) in [7, 11) is 0. The Morgan fingerprint density at radius 1 is 1.38 bits per heavy atom. The van der Waals surface area contributed by atoms with Crippen molar-refractivity contribution in [3.63, 3.8) is 0 Å². The first-order valence-electron chi connectivity index (χ1n) is 9.43. The van der Waals surface area contributed by atoms with Crippen molar-refractivity contribution in [1.82, 2.24) is 10.3 Å². The standard InChI is InChI=1S/C19H24F3N3O4/c1-12(23-13(2)26)10-27-14-5-7-25(8-6-14)18-24-16-4-3-15(9-17(16)29-18)28-11-19(20,21)22/h3-4,9,12,14H,5-8,10-11H2,1-2H3,(H,23,26)/t12-/m0/s1. The highest BCUT2D eigenvalue weighted by Gasteiger charge is 2.28. The van der Waals surface area contributed by atoms with Gasteiger partial charge in [0.1, 0.15) is 11.3 Å². The Morgan fingerprint density at radius 2 is 2.10 bits per heavy atom. The molecule has 1 aliphatic rings. The number of amides is 1. The Morgan fingerprint density at radius 3 is 2.76 bits per heavy atom. The molecule has 1 aromatic heterocycles. The molecule has 29 heavy (non-hydrogen) atoms. The molecule has 1 fully saturated rings. The first-order chi connectivity index (χ1) is 13.7. The third-order valence-corrected chi connectivity index (χ3v) is 4.50. The van der Waals surface area contributed by atoms with E-state index in [9.17, 15) is 18.0 Å². The summed E-state index contributed by atoms with van der Waals surface area (Å²) in [5.74, 6) is -0.00299. The molecule has 0 radical (unpaired) electrons. The van der Waals surface area contributed by atoms with E-state index in [1.807, 2.05) is 11.8 Å². The molecule has 1 aliphatic heterocycles. The monoisotopic (exact) mass is 415 g/mol. The van der Waals surface area contributed by atoms with Gasteiger partial charge in [0.25, 0.3) is 6.01 Å². The molecule has 3 rings (SSSR count). The quantitative estimate of drug-likeness (QED) is 0.748. The third kappa shape index (κ3) is 6.25. The van der Waals surface area contributed by atoms with Crippen molar-refractivity contribution in [2.24, 2.45) is 0 Å². The van der Waals surface area contributed by atoms with Gasteiger partial charge in [0, 0.05) is 32.1 Å². The fourth-order valence-corrected chi connectivity index (χ4v) is 3.17. The number of aromatic nitrogens is 1. The third-order valence-electron chi connectivity index (χ3n) is 4.50. The van der Waals surface area contributed by atoms with Crippen molar-refractivity contribution in [1.29, 1.82) is 0 Å². The molecule has 0 spiro atoms. The minimum absolute atomic E-state index is 0.0451. The van der Waals surface area contributed by atoms with Gasteiger partial charge in [-0.25, -0.2) is 0 Å².